The van der Waals surface area contributed by atoms with E-state index in [0.717, 1.165) is 0 Å². The second-order valence-electron chi connectivity index (χ2n) is 8.34. The Morgan fingerprint density at radius 3 is 1.97 bits per heavy atom. The number of aliphatic hydroxyl groups excluding tert-OH is 3. The molecule has 0 aliphatic carbocycles. The second-order valence-corrected chi connectivity index (χ2v) is 11.1. The number of carbonyl (C=O) groups is 1. The van der Waals surface area contributed by atoms with Gasteiger partial charge in [0.2, 0.25) is 0 Å². The van der Waals surface area contributed by atoms with Crippen LogP contribution in [0.15, 0.2) is 84.9 Å². The van der Waals surface area contributed by atoms with Crippen LogP contribution < -0.4 is 21.2 Å². The van der Waals surface area contributed by atoms with Crippen molar-refractivity contribution in [1.82, 2.24) is 5.32 Å². The van der Waals surface area contributed by atoms with Gasteiger partial charge in [-0.1, -0.05) is 78.9 Å². The van der Waals surface area contributed by atoms with Gasteiger partial charge in [-0.05, 0) is 13.0 Å². The summed E-state index contributed by atoms with van der Waals surface area (Å²) in [5, 5.41) is 34.5. The first-order valence-electron chi connectivity index (χ1n) is 11.1. The summed E-state index contributed by atoms with van der Waals surface area (Å²) in [5.74, 6) is -0.545. The lowest BCUT2D eigenvalue weighted by Crippen LogP contribution is -2.63. The molecule has 4 N–H and O–H groups in total. The van der Waals surface area contributed by atoms with Crippen molar-refractivity contribution in [2.24, 2.45) is 0 Å². The largest absolute Gasteiger partial charge is 0.394 e. The normalized spacial score (nSPS) is 25.0. The molecule has 0 bridgehead atoms. The molecule has 178 valence electrons. The van der Waals surface area contributed by atoms with Crippen LogP contribution in [0.5, 0.6) is 0 Å². The van der Waals surface area contributed by atoms with Gasteiger partial charge in [-0.25, -0.2) is 0 Å². The predicted molar refractivity (Wildman–Crippen MR) is 131 cm³/mol. The summed E-state index contributed by atoms with van der Waals surface area (Å²) in [6.07, 6.45) is -4.31. The van der Waals surface area contributed by atoms with Crippen LogP contribution in [0, 0.1) is 0 Å². The summed E-state index contributed by atoms with van der Waals surface area (Å²) < 4.78 is 20.4. The molecule has 1 aliphatic rings. The second kappa shape index (κ2) is 10.2. The molecule has 1 aliphatic heterocycles. The van der Waals surface area contributed by atoms with Gasteiger partial charge in [-0.2, -0.15) is 0 Å². The number of benzene rings is 3. The molecular formula is C26H28NO6P. The van der Waals surface area contributed by atoms with Crippen molar-refractivity contribution in [1.29, 1.82) is 0 Å². The summed E-state index contributed by atoms with van der Waals surface area (Å²) in [6.45, 7) is 1.19. The maximum absolute atomic E-state index is 14.8. The number of nitrogens with one attached hydrogen (secondary N) is 1. The van der Waals surface area contributed by atoms with Gasteiger partial charge < -0.3 is 29.9 Å². The molecule has 2 unspecified atom stereocenters. The third-order valence-corrected chi connectivity index (χ3v) is 9.32. The summed E-state index contributed by atoms with van der Waals surface area (Å²) in [5.41, 5.74) is 0.205. The van der Waals surface area contributed by atoms with Crippen molar-refractivity contribution in [2.75, 3.05) is 6.61 Å². The Morgan fingerprint density at radius 2 is 1.41 bits per heavy atom. The average Bonchev–Trinajstić information content (AvgIpc) is 2.89. The zero-order valence-electron chi connectivity index (χ0n) is 18.7. The number of hydrogen-bond acceptors (Lipinski definition) is 6. The Balaban J connectivity index is 1.75. The van der Waals surface area contributed by atoms with Crippen molar-refractivity contribution in [2.45, 2.75) is 37.4 Å². The van der Waals surface area contributed by atoms with Crippen molar-refractivity contribution in [3.8, 4) is 0 Å². The van der Waals surface area contributed by atoms with Crippen molar-refractivity contribution >= 4 is 29.0 Å². The first-order chi connectivity index (χ1) is 16.4. The van der Waals surface area contributed by atoms with Gasteiger partial charge in [-0.3, -0.25) is 4.79 Å². The molecule has 0 spiro atoms. The Kier molecular flexibility index (Phi) is 7.31. The number of rotatable bonds is 6. The standard InChI is InChI=1S/C26H28NO6P/c1-17-23(25(30)24(29)21(16-28)33-17)27-26(31)20-14-8-9-15-22(20)34(32,18-10-4-2-5-11-18)19-12-6-3-7-13-19/h2-15,17,21,23-25,28-30H,16H2,1H3,(H,27,31)/t17-,21?,23+,24-,25?/m0/s1. The molecule has 5 atom stereocenters. The maximum Gasteiger partial charge on any atom is 0.252 e. The van der Waals surface area contributed by atoms with E-state index >= 15 is 0 Å². The minimum atomic E-state index is -3.42. The van der Waals surface area contributed by atoms with E-state index in [4.69, 9.17) is 4.74 Å². The summed E-state index contributed by atoms with van der Waals surface area (Å²) in [4.78, 5) is 13.5. The molecule has 1 heterocycles. The van der Waals surface area contributed by atoms with E-state index < -0.39 is 50.1 Å². The molecule has 7 nitrogen and oxygen atoms in total. The Bertz CT molecular complexity index is 1130. The third-order valence-electron chi connectivity index (χ3n) is 6.20. The monoisotopic (exact) mass is 481 g/mol. The van der Waals surface area contributed by atoms with E-state index in [1.807, 2.05) is 36.4 Å². The fourth-order valence-electron chi connectivity index (χ4n) is 4.38. The molecule has 1 saturated heterocycles. The van der Waals surface area contributed by atoms with Gasteiger partial charge in [0.25, 0.3) is 5.91 Å². The highest BCUT2D eigenvalue weighted by atomic mass is 31.2. The first kappa shape index (κ1) is 24.3. The van der Waals surface area contributed by atoms with Crippen LogP contribution in [0.25, 0.3) is 0 Å². The van der Waals surface area contributed by atoms with Crippen LogP contribution in [0.2, 0.25) is 0 Å². The van der Waals surface area contributed by atoms with Gasteiger partial charge in [0.1, 0.15) is 18.3 Å². The molecule has 4 rings (SSSR count). The summed E-state index contributed by atoms with van der Waals surface area (Å²) in [7, 11) is -3.42. The molecule has 0 aromatic heterocycles. The van der Waals surface area contributed by atoms with E-state index in [-0.39, 0.29) is 5.56 Å². The summed E-state index contributed by atoms with van der Waals surface area (Å²) >= 11 is 0. The van der Waals surface area contributed by atoms with E-state index in [9.17, 15) is 24.7 Å². The zero-order valence-corrected chi connectivity index (χ0v) is 19.6. The highest BCUT2D eigenvalue weighted by Gasteiger charge is 2.43. The molecule has 3 aromatic carbocycles. The lowest BCUT2D eigenvalue weighted by atomic mass is 9.93. The fourth-order valence-corrected chi connectivity index (χ4v) is 7.23. The quantitative estimate of drug-likeness (QED) is 0.390. The Hall–Kier alpha value is -2.80. The lowest BCUT2D eigenvalue weighted by molar-refractivity contribution is -0.187. The van der Waals surface area contributed by atoms with Crippen LogP contribution in [0.3, 0.4) is 0 Å². The molecule has 1 fully saturated rings. The zero-order chi connectivity index (χ0) is 24.3. The molecule has 1 amide bonds. The number of hydrogen-bond donors (Lipinski definition) is 4. The van der Waals surface area contributed by atoms with E-state index in [0.29, 0.717) is 15.9 Å². The number of carbonyl (C=O) groups excluding carboxylic acids is 1. The minimum absolute atomic E-state index is 0.205. The van der Waals surface area contributed by atoms with E-state index in [1.54, 1.807) is 55.5 Å². The Labute approximate surface area is 198 Å². The van der Waals surface area contributed by atoms with Crippen molar-refractivity contribution in [3.63, 3.8) is 0 Å². The van der Waals surface area contributed by atoms with E-state index in [2.05, 4.69) is 5.32 Å². The van der Waals surface area contributed by atoms with Crippen LogP contribution in [-0.4, -0.2) is 58.3 Å². The SMILES string of the molecule is C[C@@H]1OC(CO)[C@H](O)C(O)[C@@H]1NC(=O)c1ccccc1P(=O)(c1ccccc1)c1ccccc1. The van der Waals surface area contributed by atoms with Crippen LogP contribution >= 0.6 is 7.14 Å². The fraction of sp³-hybridized carbons (Fsp3) is 0.269. The minimum Gasteiger partial charge on any atom is -0.394 e. The van der Waals surface area contributed by atoms with Crippen molar-refractivity contribution in [3.05, 3.63) is 90.5 Å². The molecule has 8 heteroatoms. The first-order valence-corrected chi connectivity index (χ1v) is 12.8. The topological polar surface area (TPSA) is 116 Å². The number of ether oxygens (including phenoxy) is 1. The van der Waals surface area contributed by atoms with Gasteiger partial charge >= 0.3 is 0 Å². The Morgan fingerprint density at radius 1 is 0.882 bits per heavy atom. The third kappa shape index (κ3) is 4.45. The van der Waals surface area contributed by atoms with Crippen LogP contribution in [-0.2, 0) is 9.30 Å². The van der Waals surface area contributed by atoms with Gasteiger partial charge in [-0.15, -0.1) is 0 Å². The van der Waals surface area contributed by atoms with Crippen LogP contribution in [0.1, 0.15) is 17.3 Å². The maximum atomic E-state index is 14.8. The lowest BCUT2D eigenvalue weighted by Gasteiger charge is -2.41. The molecule has 3 aromatic rings. The van der Waals surface area contributed by atoms with Gasteiger partial charge in [0, 0.05) is 15.9 Å². The predicted octanol–water partition coefficient (Wildman–Crippen LogP) is 0.926. The highest BCUT2D eigenvalue weighted by molar-refractivity contribution is 7.85. The van der Waals surface area contributed by atoms with Crippen LogP contribution in [0.4, 0.5) is 0 Å². The van der Waals surface area contributed by atoms with E-state index in [1.165, 1.54) is 0 Å². The smallest absolute Gasteiger partial charge is 0.252 e. The average molecular weight is 481 g/mol. The molecule has 0 saturated carbocycles. The summed E-state index contributed by atoms with van der Waals surface area (Å²) in [6, 6.07) is 23.8. The molecule has 0 radical (unpaired) electrons. The van der Waals surface area contributed by atoms with Crippen molar-refractivity contribution < 1.29 is 29.4 Å². The number of amides is 1. The van der Waals surface area contributed by atoms with Gasteiger partial charge in [0.05, 0.1) is 24.3 Å². The molecular weight excluding hydrogens is 453 g/mol. The van der Waals surface area contributed by atoms with Gasteiger partial charge in [0.15, 0.2) is 7.14 Å². The highest BCUT2D eigenvalue weighted by Crippen LogP contribution is 2.43. The molecule has 34 heavy (non-hydrogen) atoms. The number of aliphatic hydroxyl groups is 3.